The van der Waals surface area contributed by atoms with Gasteiger partial charge in [-0.1, -0.05) is 11.6 Å². The maximum absolute atomic E-state index is 11.2. The van der Waals surface area contributed by atoms with Crippen molar-refractivity contribution in [2.24, 2.45) is 0 Å². The number of carbonyl (C=O) groups is 1. The second kappa shape index (κ2) is 9.76. The van der Waals surface area contributed by atoms with Crippen molar-refractivity contribution in [3.8, 4) is 0 Å². The number of aromatic amines is 1. The van der Waals surface area contributed by atoms with Crippen LogP contribution < -0.4 is 15.5 Å². The van der Waals surface area contributed by atoms with Crippen molar-refractivity contribution in [1.82, 2.24) is 25.1 Å². The van der Waals surface area contributed by atoms with Gasteiger partial charge in [-0.15, -0.1) is 0 Å². The zero-order valence-corrected chi connectivity index (χ0v) is 19.7. The van der Waals surface area contributed by atoms with Crippen molar-refractivity contribution in [3.05, 3.63) is 41.0 Å². The van der Waals surface area contributed by atoms with Gasteiger partial charge in [0, 0.05) is 55.4 Å². The maximum Gasteiger partial charge on any atom is 0.221 e. The lowest BCUT2D eigenvalue weighted by Gasteiger charge is -2.33. The predicted octanol–water partition coefficient (Wildman–Crippen LogP) is 3.77. The summed E-state index contributed by atoms with van der Waals surface area (Å²) in [6.07, 6.45) is 0. The van der Waals surface area contributed by atoms with Crippen molar-refractivity contribution in [2.45, 2.75) is 23.9 Å². The van der Waals surface area contributed by atoms with E-state index in [1.807, 2.05) is 37.3 Å². The quantitative estimate of drug-likeness (QED) is 0.466. The smallest absolute Gasteiger partial charge is 0.221 e. The number of benzene rings is 1. The van der Waals surface area contributed by atoms with Crippen molar-refractivity contribution in [2.75, 3.05) is 48.8 Å². The molecule has 11 heteroatoms. The van der Waals surface area contributed by atoms with Crippen LogP contribution in [0, 0.1) is 6.92 Å². The van der Waals surface area contributed by atoms with Crippen LogP contribution in [-0.4, -0.2) is 64.2 Å². The molecule has 0 bridgehead atoms. The zero-order valence-electron chi connectivity index (χ0n) is 18.1. The van der Waals surface area contributed by atoms with Crippen LogP contribution in [0.5, 0.6) is 0 Å². The Labute approximate surface area is 196 Å². The minimum absolute atomic E-state index is 0.104. The maximum atomic E-state index is 11.2. The van der Waals surface area contributed by atoms with Gasteiger partial charge in [0.05, 0.1) is 0 Å². The molecule has 9 nitrogen and oxygen atoms in total. The lowest BCUT2D eigenvalue weighted by molar-refractivity contribution is -0.114. The van der Waals surface area contributed by atoms with E-state index < -0.39 is 0 Å². The highest BCUT2D eigenvalue weighted by molar-refractivity contribution is 7.99. The molecule has 0 radical (unpaired) electrons. The largest absolute Gasteiger partial charge is 0.353 e. The third-order valence-electron chi connectivity index (χ3n) is 4.95. The number of nitrogens with zero attached hydrogens (tertiary/aromatic N) is 5. The Morgan fingerprint density at radius 2 is 1.88 bits per heavy atom. The molecular weight excluding hydrogens is 448 g/mol. The molecule has 1 saturated heterocycles. The van der Waals surface area contributed by atoms with Crippen molar-refractivity contribution in [1.29, 1.82) is 0 Å². The first-order valence-electron chi connectivity index (χ1n) is 10.2. The third-order valence-corrected chi connectivity index (χ3v) is 6.17. The summed E-state index contributed by atoms with van der Waals surface area (Å²) >= 11 is 8.18. The van der Waals surface area contributed by atoms with E-state index in [1.165, 1.54) is 18.7 Å². The van der Waals surface area contributed by atoms with E-state index in [-0.39, 0.29) is 5.91 Å². The summed E-state index contributed by atoms with van der Waals surface area (Å²) in [4.78, 5) is 26.1. The first kappa shape index (κ1) is 22.4. The molecule has 0 spiro atoms. The predicted molar refractivity (Wildman–Crippen MR) is 128 cm³/mol. The molecule has 0 saturated carbocycles. The van der Waals surface area contributed by atoms with E-state index in [9.17, 15) is 4.79 Å². The summed E-state index contributed by atoms with van der Waals surface area (Å²) in [5.74, 6) is 1.76. The van der Waals surface area contributed by atoms with E-state index in [1.54, 1.807) is 0 Å². The van der Waals surface area contributed by atoms with Gasteiger partial charge in [-0.25, -0.2) is 9.97 Å². The number of aryl methyl sites for hydroxylation is 1. The van der Waals surface area contributed by atoms with Crippen LogP contribution in [0.4, 0.5) is 23.1 Å². The van der Waals surface area contributed by atoms with E-state index in [0.717, 1.165) is 42.5 Å². The average molecular weight is 473 g/mol. The fraction of sp³-hybridized carbons (Fsp3) is 0.333. The van der Waals surface area contributed by atoms with Crippen LogP contribution in [0.1, 0.15) is 12.6 Å². The van der Waals surface area contributed by atoms with Crippen LogP contribution in [0.15, 0.2) is 40.4 Å². The molecule has 3 heterocycles. The second-order valence-electron chi connectivity index (χ2n) is 7.65. The molecule has 0 unspecified atom stereocenters. The Bertz CT molecular complexity index is 1100. The van der Waals surface area contributed by atoms with Crippen LogP contribution in [0.2, 0.25) is 5.02 Å². The molecule has 1 aliphatic rings. The zero-order chi connectivity index (χ0) is 22.7. The number of anilines is 4. The molecule has 1 fully saturated rings. The molecule has 1 aromatic carbocycles. The van der Waals surface area contributed by atoms with Crippen LogP contribution in [-0.2, 0) is 4.79 Å². The standard InChI is InChI=1S/C21H25ClN8OS/c1-13-12-17(28-27-13)24-19-18(22)20(30-10-8-29(3)9-11-30)26-21(25-19)32-16-6-4-15(5-7-16)23-14(2)31/h4-7,12H,8-11H2,1-3H3,(H,23,31)(H2,24,25,26,27,28). The lowest BCUT2D eigenvalue weighted by Crippen LogP contribution is -2.45. The van der Waals surface area contributed by atoms with E-state index >= 15 is 0 Å². The van der Waals surface area contributed by atoms with Crippen molar-refractivity contribution in [3.63, 3.8) is 0 Å². The number of hydrogen-bond acceptors (Lipinski definition) is 8. The third kappa shape index (κ3) is 5.50. The minimum atomic E-state index is -0.104. The Morgan fingerprint density at radius 3 is 2.50 bits per heavy atom. The van der Waals surface area contributed by atoms with Crippen LogP contribution >= 0.6 is 23.4 Å². The van der Waals surface area contributed by atoms with Crippen molar-refractivity contribution >= 4 is 52.4 Å². The normalized spacial score (nSPS) is 14.4. The molecule has 2 aromatic heterocycles. The number of piperazine rings is 1. The Hall–Kier alpha value is -2.82. The number of nitrogens with one attached hydrogen (secondary N) is 3. The summed E-state index contributed by atoms with van der Waals surface area (Å²) in [6, 6.07) is 9.45. The van der Waals surface area contributed by atoms with Crippen LogP contribution in [0.3, 0.4) is 0 Å². The van der Waals surface area contributed by atoms with E-state index in [2.05, 4.69) is 42.7 Å². The van der Waals surface area contributed by atoms with E-state index in [4.69, 9.17) is 16.6 Å². The SMILES string of the molecule is CC(=O)Nc1ccc(Sc2nc(Nc3cc(C)[nH]n3)c(Cl)c(N3CCN(C)CC3)n2)cc1. The Balaban J connectivity index is 1.63. The number of likely N-dealkylation sites (N-methyl/N-ethyl adjacent to an activating group) is 1. The molecule has 32 heavy (non-hydrogen) atoms. The molecule has 0 aliphatic carbocycles. The summed E-state index contributed by atoms with van der Waals surface area (Å²) < 4.78 is 0. The fourth-order valence-electron chi connectivity index (χ4n) is 3.29. The van der Waals surface area contributed by atoms with E-state index in [0.29, 0.717) is 27.6 Å². The first-order valence-corrected chi connectivity index (χ1v) is 11.4. The minimum Gasteiger partial charge on any atom is -0.353 e. The van der Waals surface area contributed by atoms with Gasteiger partial charge in [-0.2, -0.15) is 5.10 Å². The average Bonchev–Trinajstić information content (AvgIpc) is 3.16. The lowest BCUT2D eigenvalue weighted by atomic mass is 10.3. The van der Waals surface area contributed by atoms with Gasteiger partial charge in [0.15, 0.2) is 22.6 Å². The fourth-order valence-corrected chi connectivity index (χ4v) is 4.29. The van der Waals surface area contributed by atoms with Gasteiger partial charge in [0.25, 0.3) is 0 Å². The molecule has 3 N–H and O–H groups in total. The molecule has 0 atom stereocenters. The molecule has 1 amide bonds. The topological polar surface area (TPSA) is 102 Å². The van der Waals surface area contributed by atoms with Gasteiger partial charge < -0.3 is 20.4 Å². The number of H-pyrrole nitrogens is 1. The Kier molecular flexibility index (Phi) is 6.83. The molecule has 3 aromatic rings. The van der Waals surface area contributed by atoms with Gasteiger partial charge >= 0.3 is 0 Å². The number of amides is 1. The van der Waals surface area contributed by atoms with Gasteiger partial charge in [0.2, 0.25) is 5.91 Å². The van der Waals surface area contributed by atoms with Crippen LogP contribution in [0.25, 0.3) is 0 Å². The first-order chi connectivity index (χ1) is 15.4. The highest BCUT2D eigenvalue weighted by atomic mass is 35.5. The van der Waals surface area contributed by atoms with Gasteiger partial charge in [0.1, 0.15) is 5.02 Å². The van der Waals surface area contributed by atoms with Gasteiger partial charge in [-0.05, 0) is 50.0 Å². The Morgan fingerprint density at radius 1 is 1.16 bits per heavy atom. The number of hydrogen-bond donors (Lipinski definition) is 3. The number of rotatable bonds is 6. The summed E-state index contributed by atoms with van der Waals surface area (Å²) in [5.41, 5.74) is 1.68. The monoisotopic (exact) mass is 472 g/mol. The summed E-state index contributed by atoms with van der Waals surface area (Å²) in [5, 5.41) is 14.2. The summed E-state index contributed by atoms with van der Waals surface area (Å²) in [6.45, 7) is 6.97. The second-order valence-corrected chi connectivity index (χ2v) is 9.07. The van der Waals surface area contributed by atoms with Crippen molar-refractivity contribution < 1.29 is 4.79 Å². The number of halogens is 1. The molecule has 168 valence electrons. The molecule has 1 aliphatic heterocycles. The van der Waals surface area contributed by atoms with Gasteiger partial charge in [-0.3, -0.25) is 9.89 Å². The molecule has 4 rings (SSSR count). The summed E-state index contributed by atoms with van der Waals surface area (Å²) in [7, 11) is 2.11. The number of aromatic nitrogens is 4. The highest BCUT2D eigenvalue weighted by Gasteiger charge is 2.22. The molecular formula is C21H25ClN8OS. The number of carbonyl (C=O) groups excluding carboxylic acids is 1. The highest BCUT2D eigenvalue weighted by Crippen LogP contribution is 2.36.